The van der Waals surface area contributed by atoms with Gasteiger partial charge in [0.2, 0.25) is 5.55 Å². The number of aromatic nitrogens is 1. The van der Waals surface area contributed by atoms with Crippen molar-refractivity contribution in [1.29, 1.82) is 0 Å². The van der Waals surface area contributed by atoms with Crippen LogP contribution in [0.1, 0.15) is 27.7 Å². The Balaban J connectivity index is 1.31. The van der Waals surface area contributed by atoms with Crippen molar-refractivity contribution in [3.8, 4) is 22.8 Å². The van der Waals surface area contributed by atoms with Crippen LogP contribution in [-0.2, 0) is 6.42 Å². The predicted octanol–water partition coefficient (Wildman–Crippen LogP) is 9.36. The zero-order chi connectivity index (χ0) is 29.1. The average Bonchev–Trinajstić information content (AvgIpc) is 3.41. The van der Waals surface area contributed by atoms with Crippen molar-refractivity contribution in [3.05, 3.63) is 130 Å². The molecule has 1 amide bonds. The third-order valence-electron chi connectivity index (χ3n) is 6.56. The van der Waals surface area contributed by atoms with Gasteiger partial charge in [-0.25, -0.2) is 9.98 Å². The first-order chi connectivity index (χ1) is 20.4. The molecule has 0 bridgehead atoms. The van der Waals surface area contributed by atoms with Crippen molar-refractivity contribution >= 4 is 50.6 Å². The summed E-state index contributed by atoms with van der Waals surface area (Å²) in [7, 11) is 0. The quantitative estimate of drug-likeness (QED) is 0.201. The Bertz CT molecular complexity index is 1950. The van der Waals surface area contributed by atoms with Gasteiger partial charge in [0.1, 0.15) is 22.6 Å². The molecule has 6 aromatic rings. The number of hydrogen-bond acceptors (Lipinski definition) is 6. The Morgan fingerprint density at radius 1 is 0.952 bits per heavy atom. The Morgan fingerprint density at radius 3 is 2.43 bits per heavy atom. The molecule has 0 atom stereocenters. The Labute approximate surface area is 251 Å². The summed E-state index contributed by atoms with van der Waals surface area (Å²) in [5.74, 6) is 1.13. The van der Waals surface area contributed by atoms with Crippen LogP contribution in [0.15, 0.2) is 113 Å². The highest BCUT2D eigenvalue weighted by Crippen LogP contribution is 2.33. The van der Waals surface area contributed by atoms with Crippen LogP contribution in [0.3, 0.4) is 0 Å². The van der Waals surface area contributed by atoms with E-state index in [1.54, 1.807) is 24.3 Å². The highest BCUT2D eigenvalue weighted by Gasteiger charge is 2.18. The summed E-state index contributed by atoms with van der Waals surface area (Å²) in [6, 6.07) is 32.1. The van der Waals surface area contributed by atoms with Crippen LogP contribution in [0.5, 0.6) is 11.5 Å². The zero-order valence-corrected chi connectivity index (χ0v) is 24.5. The fourth-order valence-electron chi connectivity index (χ4n) is 4.42. The maximum atomic E-state index is 13.7. The molecule has 0 fully saturated rings. The van der Waals surface area contributed by atoms with Crippen LogP contribution < -0.4 is 15.6 Å². The van der Waals surface area contributed by atoms with E-state index in [0.717, 1.165) is 39.6 Å². The molecule has 42 heavy (non-hydrogen) atoms. The van der Waals surface area contributed by atoms with E-state index in [2.05, 4.69) is 17.2 Å². The lowest BCUT2D eigenvalue weighted by molar-refractivity contribution is 0.102. The van der Waals surface area contributed by atoms with Crippen molar-refractivity contribution < 1.29 is 13.9 Å². The summed E-state index contributed by atoms with van der Waals surface area (Å²) in [6.45, 7) is 4.08. The highest BCUT2D eigenvalue weighted by atomic mass is 35.5. The van der Waals surface area contributed by atoms with Crippen LogP contribution >= 0.6 is 22.9 Å². The number of hydrogen-bond donors (Lipinski definition) is 1. The molecular formula is C34H26ClN3O3S. The first kappa shape index (κ1) is 27.4. The molecule has 4 aromatic carbocycles. The number of amides is 1. The van der Waals surface area contributed by atoms with Crippen molar-refractivity contribution in [2.45, 2.75) is 20.3 Å². The van der Waals surface area contributed by atoms with E-state index in [9.17, 15) is 4.79 Å². The van der Waals surface area contributed by atoms with Gasteiger partial charge < -0.3 is 9.15 Å². The molecule has 208 valence electrons. The number of fused-ring (bicyclic) bond motifs is 1. The van der Waals surface area contributed by atoms with Gasteiger partial charge in [0.05, 0.1) is 11.4 Å². The zero-order valence-electron chi connectivity index (χ0n) is 22.9. The van der Waals surface area contributed by atoms with E-state index >= 15 is 0 Å². The second kappa shape index (κ2) is 12.0. The molecule has 0 aliphatic rings. The number of para-hydroxylation sites is 1. The highest BCUT2D eigenvalue weighted by molar-refractivity contribution is 7.16. The van der Waals surface area contributed by atoms with Gasteiger partial charge in [-0.2, -0.15) is 0 Å². The van der Waals surface area contributed by atoms with E-state index in [1.807, 2.05) is 85.8 Å². The molecule has 0 aliphatic carbocycles. The number of carbonyl (C=O) groups is 1. The first-order valence-corrected chi connectivity index (χ1v) is 14.6. The molecule has 0 saturated heterocycles. The molecular weight excluding hydrogens is 566 g/mol. The van der Waals surface area contributed by atoms with E-state index in [1.165, 1.54) is 11.3 Å². The standard InChI is InChI=1S/C34H26ClN3O3S/c1-3-30-31(22-11-16-27(17-12-22)40-26-7-5-4-6-8-26)37-34(42-30)38-32(39)28-20-23-19-24(35)13-18-29(23)41-33(28)36-25-14-9-21(2)10-15-25/h4-20H,3H2,1-2H3,(H,37,38,39). The molecule has 0 saturated carbocycles. The number of ether oxygens (including phenoxy) is 1. The number of rotatable bonds is 7. The topological polar surface area (TPSA) is 76.7 Å². The lowest BCUT2D eigenvalue weighted by Crippen LogP contribution is -2.21. The van der Waals surface area contributed by atoms with Crippen molar-refractivity contribution in [1.82, 2.24) is 4.98 Å². The van der Waals surface area contributed by atoms with Gasteiger partial charge in [-0.1, -0.05) is 54.4 Å². The number of thiazole rings is 1. The molecule has 0 radical (unpaired) electrons. The molecule has 6 rings (SSSR count). The molecule has 2 heterocycles. The molecule has 1 N–H and O–H groups in total. The van der Waals surface area contributed by atoms with Gasteiger partial charge in [0.25, 0.3) is 5.91 Å². The largest absolute Gasteiger partial charge is 0.457 e. The van der Waals surface area contributed by atoms with Gasteiger partial charge in [0.15, 0.2) is 5.13 Å². The summed E-state index contributed by atoms with van der Waals surface area (Å²) in [6.07, 6.45) is 0.767. The Morgan fingerprint density at radius 2 is 1.69 bits per heavy atom. The van der Waals surface area contributed by atoms with Crippen LogP contribution in [0.25, 0.3) is 22.2 Å². The first-order valence-electron chi connectivity index (χ1n) is 13.4. The number of benzene rings is 4. The lowest BCUT2D eigenvalue weighted by Gasteiger charge is -2.06. The minimum atomic E-state index is -0.374. The monoisotopic (exact) mass is 591 g/mol. The fourth-order valence-corrected chi connectivity index (χ4v) is 5.52. The van der Waals surface area contributed by atoms with E-state index in [4.69, 9.17) is 25.7 Å². The predicted molar refractivity (Wildman–Crippen MR) is 169 cm³/mol. The Hall–Kier alpha value is -4.72. The van der Waals surface area contributed by atoms with E-state index in [-0.39, 0.29) is 17.0 Å². The van der Waals surface area contributed by atoms with E-state index in [0.29, 0.717) is 26.8 Å². The third kappa shape index (κ3) is 6.12. The van der Waals surface area contributed by atoms with Crippen molar-refractivity contribution in [3.63, 3.8) is 0 Å². The molecule has 0 spiro atoms. The van der Waals surface area contributed by atoms with Crippen LogP contribution in [0.2, 0.25) is 5.02 Å². The van der Waals surface area contributed by atoms with Crippen molar-refractivity contribution in [2.24, 2.45) is 4.99 Å². The fraction of sp³-hybridized carbons (Fsp3) is 0.0882. The van der Waals surface area contributed by atoms with Crippen LogP contribution in [0, 0.1) is 6.92 Å². The third-order valence-corrected chi connectivity index (χ3v) is 7.91. The Kier molecular flexibility index (Phi) is 7.86. The number of anilines is 1. The normalized spacial score (nSPS) is 11.5. The molecule has 0 aliphatic heterocycles. The van der Waals surface area contributed by atoms with Crippen LogP contribution in [-0.4, -0.2) is 10.9 Å². The lowest BCUT2D eigenvalue weighted by atomic mass is 10.1. The van der Waals surface area contributed by atoms with Gasteiger partial charge >= 0.3 is 0 Å². The maximum absolute atomic E-state index is 13.7. The minimum Gasteiger partial charge on any atom is -0.457 e. The van der Waals surface area contributed by atoms with Gasteiger partial charge in [0, 0.05) is 20.8 Å². The average molecular weight is 592 g/mol. The number of halogens is 1. The van der Waals surface area contributed by atoms with Gasteiger partial charge in [-0.05, 0) is 86.1 Å². The smallest absolute Gasteiger partial charge is 0.262 e. The molecule has 2 aromatic heterocycles. The molecule has 8 heteroatoms. The number of aryl methyl sites for hydroxylation is 2. The SMILES string of the molecule is CCc1sc(NC(=O)c2cc3cc(Cl)ccc3oc2=Nc2ccc(C)cc2)nc1-c1ccc(Oc2ccccc2)cc1. The maximum Gasteiger partial charge on any atom is 0.262 e. The van der Waals surface area contributed by atoms with Crippen molar-refractivity contribution in [2.75, 3.05) is 5.32 Å². The second-order valence-electron chi connectivity index (χ2n) is 9.63. The van der Waals surface area contributed by atoms with Crippen LogP contribution in [0.4, 0.5) is 10.8 Å². The minimum absolute atomic E-state index is 0.202. The summed E-state index contributed by atoms with van der Waals surface area (Å²) in [4.78, 5) is 24.2. The number of nitrogens with zero attached hydrogens (tertiary/aromatic N) is 2. The number of nitrogens with one attached hydrogen (secondary N) is 1. The molecule has 6 nitrogen and oxygen atoms in total. The summed E-state index contributed by atoms with van der Waals surface area (Å²) < 4.78 is 12.0. The number of carbonyl (C=O) groups excluding carboxylic acids is 1. The second-order valence-corrected chi connectivity index (χ2v) is 11.2. The van der Waals surface area contributed by atoms with E-state index < -0.39 is 0 Å². The van der Waals surface area contributed by atoms with Gasteiger partial charge in [-0.15, -0.1) is 11.3 Å². The van der Waals surface area contributed by atoms with Gasteiger partial charge in [-0.3, -0.25) is 10.1 Å². The summed E-state index contributed by atoms with van der Waals surface area (Å²) >= 11 is 7.67. The molecule has 0 unspecified atom stereocenters. The summed E-state index contributed by atoms with van der Waals surface area (Å²) in [5, 5.41) is 4.70. The summed E-state index contributed by atoms with van der Waals surface area (Å²) in [5.41, 5.74) is 4.61.